The molecule has 4 atom stereocenters. The van der Waals surface area contributed by atoms with Crippen LogP contribution in [-0.4, -0.2) is 64.8 Å². The van der Waals surface area contributed by atoms with Crippen LogP contribution in [0.25, 0.3) is 0 Å². The Balaban J connectivity index is 1.87. The van der Waals surface area contributed by atoms with Gasteiger partial charge in [-0.3, -0.25) is 4.90 Å². The highest BCUT2D eigenvalue weighted by atomic mass is 32.2. The molecular formula is C13H22N2O3S2. The third-order valence-corrected chi connectivity index (χ3v) is 5.64. The third-order valence-electron chi connectivity index (χ3n) is 3.10. The summed E-state index contributed by atoms with van der Waals surface area (Å²) >= 11 is 3.50. The molecule has 2 aliphatic heterocycles. The van der Waals surface area contributed by atoms with E-state index in [1.165, 1.54) is 0 Å². The van der Waals surface area contributed by atoms with Crippen molar-refractivity contribution in [1.29, 1.82) is 0 Å². The molecule has 2 rings (SSSR count). The minimum atomic E-state index is -0.166. The van der Waals surface area contributed by atoms with Crippen molar-refractivity contribution in [3.8, 4) is 0 Å². The fraction of sp³-hybridized carbons (Fsp3) is 0.846. The van der Waals surface area contributed by atoms with E-state index < -0.39 is 0 Å². The molecule has 0 spiro atoms. The predicted octanol–water partition coefficient (Wildman–Crippen LogP) is 2.46. The second kappa shape index (κ2) is 7.68. The molecule has 7 heteroatoms. The van der Waals surface area contributed by atoms with Crippen LogP contribution in [-0.2, 0) is 9.47 Å². The summed E-state index contributed by atoms with van der Waals surface area (Å²) in [4.78, 5) is 18.0. The van der Waals surface area contributed by atoms with E-state index in [9.17, 15) is 4.79 Å². The topological polar surface area (TPSA) is 57.7 Å². The number of hydrogen-bond donors (Lipinski definition) is 0. The number of epoxide rings is 2. The highest BCUT2D eigenvalue weighted by Gasteiger charge is 2.31. The number of nitrogens with zero attached hydrogens (tertiary/aromatic N) is 2. The number of aliphatic imine (C=N–C) groups is 1. The van der Waals surface area contributed by atoms with Gasteiger partial charge >= 0.3 is 6.03 Å². The maximum absolute atomic E-state index is 12.2. The molecule has 0 aromatic heterocycles. The van der Waals surface area contributed by atoms with Crippen LogP contribution < -0.4 is 0 Å². The van der Waals surface area contributed by atoms with Gasteiger partial charge in [-0.1, -0.05) is 0 Å². The van der Waals surface area contributed by atoms with E-state index in [0.717, 1.165) is 24.7 Å². The van der Waals surface area contributed by atoms with Crippen molar-refractivity contribution < 1.29 is 14.3 Å². The summed E-state index contributed by atoms with van der Waals surface area (Å²) in [6.07, 6.45) is 2.30. The third kappa shape index (κ3) is 5.27. The van der Waals surface area contributed by atoms with Crippen molar-refractivity contribution >= 4 is 35.8 Å². The van der Waals surface area contributed by atoms with Gasteiger partial charge in [0.2, 0.25) is 0 Å². The van der Waals surface area contributed by atoms with Gasteiger partial charge in [-0.25, -0.2) is 9.79 Å². The van der Waals surface area contributed by atoms with Crippen LogP contribution in [0.15, 0.2) is 4.99 Å². The summed E-state index contributed by atoms with van der Waals surface area (Å²) in [7, 11) is 0. The highest BCUT2D eigenvalue weighted by Crippen LogP contribution is 2.29. The van der Waals surface area contributed by atoms with Gasteiger partial charge in [0.15, 0.2) is 0 Å². The molecule has 0 aromatic carbocycles. The van der Waals surface area contributed by atoms with E-state index in [-0.39, 0.29) is 16.8 Å². The van der Waals surface area contributed by atoms with E-state index in [2.05, 4.69) is 18.8 Å². The summed E-state index contributed by atoms with van der Waals surface area (Å²) in [6, 6.07) is -0.166. The number of amides is 2. The molecule has 0 bridgehead atoms. The quantitative estimate of drug-likeness (QED) is 0.391. The van der Waals surface area contributed by atoms with E-state index >= 15 is 0 Å². The van der Waals surface area contributed by atoms with Gasteiger partial charge in [-0.2, -0.15) is 0 Å². The first-order valence-electron chi connectivity index (χ1n) is 6.89. The van der Waals surface area contributed by atoms with Gasteiger partial charge in [-0.15, -0.1) is 23.5 Å². The Morgan fingerprint density at radius 1 is 1.25 bits per heavy atom. The van der Waals surface area contributed by atoms with Crippen molar-refractivity contribution in [3.63, 3.8) is 0 Å². The molecule has 4 unspecified atom stereocenters. The molecule has 0 saturated carbocycles. The Bertz CT molecular complexity index is 338. The van der Waals surface area contributed by atoms with E-state index in [4.69, 9.17) is 9.47 Å². The van der Waals surface area contributed by atoms with Gasteiger partial charge in [0.05, 0.1) is 36.2 Å². The smallest absolute Gasteiger partial charge is 0.344 e. The van der Waals surface area contributed by atoms with Crippen LogP contribution in [0.3, 0.4) is 0 Å². The number of rotatable bonds is 8. The Labute approximate surface area is 128 Å². The number of ether oxygens (including phenoxy) is 2. The highest BCUT2D eigenvalue weighted by molar-refractivity contribution is 8.00. The van der Waals surface area contributed by atoms with Crippen molar-refractivity contribution in [3.05, 3.63) is 0 Å². The molecule has 2 saturated heterocycles. The summed E-state index contributed by atoms with van der Waals surface area (Å²) in [5.74, 6) is 1.87. The molecule has 0 aliphatic carbocycles. The summed E-state index contributed by atoms with van der Waals surface area (Å²) < 4.78 is 10.4. The lowest BCUT2D eigenvalue weighted by Crippen LogP contribution is -2.41. The molecule has 2 amide bonds. The Morgan fingerprint density at radius 3 is 2.05 bits per heavy atom. The molecule has 114 valence electrons. The summed E-state index contributed by atoms with van der Waals surface area (Å²) in [5.41, 5.74) is 0. The first-order valence-corrected chi connectivity index (χ1v) is 8.99. The monoisotopic (exact) mass is 318 g/mol. The van der Waals surface area contributed by atoms with Gasteiger partial charge in [0.25, 0.3) is 0 Å². The summed E-state index contributed by atoms with van der Waals surface area (Å²) in [6.45, 7) is 7.58. The molecule has 2 aliphatic rings. The second-order valence-electron chi connectivity index (χ2n) is 4.85. The van der Waals surface area contributed by atoms with Crippen molar-refractivity contribution in [2.24, 2.45) is 4.99 Å². The zero-order valence-corrected chi connectivity index (χ0v) is 13.8. The Kier molecular flexibility index (Phi) is 6.20. The molecule has 0 radical (unpaired) electrons. The SMILES string of the molecule is CC=NC(=O)N(C(C)SCC1CO1)C(C)SCC1CO1. The van der Waals surface area contributed by atoms with Crippen molar-refractivity contribution in [2.45, 2.75) is 43.7 Å². The van der Waals surface area contributed by atoms with E-state index in [0.29, 0.717) is 12.2 Å². The molecule has 2 heterocycles. The zero-order chi connectivity index (χ0) is 14.5. The average molecular weight is 318 g/mol. The molecule has 0 N–H and O–H groups in total. The molecule has 2 fully saturated rings. The predicted molar refractivity (Wildman–Crippen MR) is 84.7 cm³/mol. The summed E-state index contributed by atoms with van der Waals surface area (Å²) in [5, 5.41) is 0.191. The number of thioether (sulfide) groups is 2. The lowest BCUT2D eigenvalue weighted by Gasteiger charge is -2.32. The zero-order valence-electron chi connectivity index (χ0n) is 12.2. The van der Waals surface area contributed by atoms with Crippen molar-refractivity contribution in [1.82, 2.24) is 4.90 Å². The average Bonchev–Trinajstić information content (AvgIpc) is 3.28. The standard InChI is InChI=1S/C13H22N2O3S2/c1-4-14-13(16)15(9(2)19-7-11-5-17-11)10(3)20-8-12-6-18-12/h4,9-12H,5-8H2,1-3H3. The van der Waals surface area contributed by atoms with Crippen molar-refractivity contribution in [2.75, 3.05) is 24.7 Å². The number of hydrogen-bond acceptors (Lipinski definition) is 5. The van der Waals surface area contributed by atoms with Crippen LogP contribution in [0.1, 0.15) is 20.8 Å². The molecule has 0 aromatic rings. The molecular weight excluding hydrogens is 296 g/mol. The van der Waals surface area contributed by atoms with Crippen LogP contribution in [0.2, 0.25) is 0 Å². The number of carbonyl (C=O) groups is 1. The maximum atomic E-state index is 12.2. The Morgan fingerprint density at radius 2 is 1.70 bits per heavy atom. The van der Waals surface area contributed by atoms with Crippen LogP contribution >= 0.6 is 23.5 Å². The van der Waals surface area contributed by atoms with E-state index in [1.807, 2.05) is 4.90 Å². The van der Waals surface area contributed by atoms with Gasteiger partial charge < -0.3 is 9.47 Å². The van der Waals surface area contributed by atoms with Gasteiger partial charge in [-0.05, 0) is 20.8 Å². The first-order chi connectivity index (χ1) is 9.61. The first kappa shape index (κ1) is 16.1. The largest absolute Gasteiger partial charge is 0.372 e. The molecule has 5 nitrogen and oxygen atoms in total. The van der Waals surface area contributed by atoms with Gasteiger partial charge in [0, 0.05) is 17.7 Å². The van der Waals surface area contributed by atoms with Crippen LogP contribution in [0.4, 0.5) is 4.79 Å². The molecule has 20 heavy (non-hydrogen) atoms. The fourth-order valence-electron chi connectivity index (χ4n) is 1.77. The van der Waals surface area contributed by atoms with Crippen LogP contribution in [0, 0.1) is 0 Å². The maximum Gasteiger partial charge on any atom is 0.344 e. The number of carbonyl (C=O) groups excluding carboxylic acids is 1. The van der Waals surface area contributed by atoms with E-state index in [1.54, 1.807) is 36.7 Å². The van der Waals surface area contributed by atoms with Crippen LogP contribution in [0.5, 0.6) is 0 Å². The minimum absolute atomic E-state index is 0.0954. The Hall–Kier alpha value is -0.240. The lowest BCUT2D eigenvalue weighted by molar-refractivity contribution is 0.204. The normalized spacial score (nSPS) is 27.4. The number of urea groups is 1. The lowest BCUT2D eigenvalue weighted by atomic mass is 10.5. The fourth-order valence-corrected chi connectivity index (χ4v) is 4.08. The minimum Gasteiger partial charge on any atom is -0.372 e. The second-order valence-corrected chi connectivity index (χ2v) is 7.55. The van der Waals surface area contributed by atoms with Gasteiger partial charge in [0.1, 0.15) is 0 Å².